The van der Waals surface area contributed by atoms with E-state index in [1.54, 1.807) is 6.92 Å². The van der Waals surface area contributed by atoms with Crippen LogP contribution in [-0.2, 0) is 19.4 Å². The first-order valence-corrected chi connectivity index (χ1v) is 10.2. The summed E-state index contributed by atoms with van der Waals surface area (Å²) in [5.74, 6) is -0.971. The van der Waals surface area contributed by atoms with Crippen LogP contribution in [0.5, 0.6) is 11.6 Å². The van der Waals surface area contributed by atoms with Gasteiger partial charge < -0.3 is 9.84 Å². The van der Waals surface area contributed by atoms with Gasteiger partial charge in [0.1, 0.15) is 23.1 Å². The zero-order valence-corrected chi connectivity index (χ0v) is 16.9. The van der Waals surface area contributed by atoms with Gasteiger partial charge in [-0.25, -0.2) is 13.8 Å². The molecule has 0 atom stereocenters. The van der Waals surface area contributed by atoms with Gasteiger partial charge in [-0.15, -0.1) is 0 Å². The predicted molar refractivity (Wildman–Crippen MR) is 111 cm³/mol. The smallest absolute Gasteiger partial charge is 0.218 e. The summed E-state index contributed by atoms with van der Waals surface area (Å²) in [5, 5.41) is 15.7. The predicted octanol–water partition coefficient (Wildman–Crippen LogP) is 4.41. The highest BCUT2D eigenvalue weighted by molar-refractivity contribution is 5.91. The maximum Gasteiger partial charge on any atom is 0.218 e. The fraction of sp³-hybridized carbons (Fsp3) is 0.261. The molecule has 0 fully saturated rings. The van der Waals surface area contributed by atoms with E-state index in [-0.39, 0.29) is 23.7 Å². The van der Waals surface area contributed by atoms with Gasteiger partial charge in [-0.05, 0) is 32.3 Å². The lowest BCUT2D eigenvalue weighted by atomic mass is 10.1. The summed E-state index contributed by atoms with van der Waals surface area (Å²) in [5.41, 5.74) is 2.65. The highest BCUT2D eigenvalue weighted by Crippen LogP contribution is 2.33. The van der Waals surface area contributed by atoms with Crippen molar-refractivity contribution in [3.63, 3.8) is 0 Å². The van der Waals surface area contributed by atoms with Gasteiger partial charge in [0.2, 0.25) is 5.88 Å². The third kappa shape index (κ3) is 3.37. The van der Waals surface area contributed by atoms with Gasteiger partial charge in [-0.1, -0.05) is 18.2 Å². The highest BCUT2D eigenvalue weighted by atomic mass is 19.1. The molecule has 1 N–H and O–H groups in total. The molecule has 0 saturated carbocycles. The number of fused-ring (bicyclic) bond motifs is 2. The largest absolute Gasteiger partial charge is 0.494 e. The first kappa shape index (κ1) is 19.4. The van der Waals surface area contributed by atoms with Crippen molar-refractivity contribution in [3.05, 3.63) is 64.9 Å². The summed E-state index contributed by atoms with van der Waals surface area (Å²) in [6, 6.07) is 9.71. The SMILES string of the molecule is CCOc1cc(F)c(Cn2nc(-c3nc(O)c4c(n3)CCC4)c3ccccc32)c(F)c1. The van der Waals surface area contributed by atoms with Crippen molar-refractivity contribution >= 4 is 10.9 Å². The van der Waals surface area contributed by atoms with E-state index in [1.165, 1.54) is 16.8 Å². The first-order chi connectivity index (χ1) is 15.0. The molecule has 1 aliphatic carbocycles. The Bertz CT molecular complexity index is 1280. The molecule has 0 saturated heterocycles. The van der Waals surface area contributed by atoms with Crippen LogP contribution in [0.15, 0.2) is 36.4 Å². The van der Waals surface area contributed by atoms with Crippen molar-refractivity contribution < 1.29 is 18.6 Å². The first-order valence-electron chi connectivity index (χ1n) is 10.2. The van der Waals surface area contributed by atoms with E-state index >= 15 is 0 Å². The van der Waals surface area contributed by atoms with E-state index in [9.17, 15) is 13.9 Å². The number of nitrogens with zero attached hydrogens (tertiary/aromatic N) is 4. The molecule has 0 spiro atoms. The Balaban J connectivity index is 1.60. The number of hydrogen-bond acceptors (Lipinski definition) is 5. The maximum atomic E-state index is 14.6. The minimum Gasteiger partial charge on any atom is -0.494 e. The number of halogens is 2. The molecule has 4 aromatic rings. The van der Waals surface area contributed by atoms with Crippen LogP contribution in [0.1, 0.15) is 30.2 Å². The number of aryl methyl sites for hydroxylation is 1. The number of hydrogen-bond donors (Lipinski definition) is 1. The van der Waals surface area contributed by atoms with Crippen molar-refractivity contribution in [2.24, 2.45) is 0 Å². The average Bonchev–Trinajstić information content (AvgIpc) is 3.36. The van der Waals surface area contributed by atoms with E-state index in [4.69, 9.17) is 4.74 Å². The van der Waals surface area contributed by atoms with Crippen LogP contribution >= 0.6 is 0 Å². The van der Waals surface area contributed by atoms with Gasteiger partial charge in [-0.3, -0.25) is 4.68 Å². The van der Waals surface area contributed by atoms with Gasteiger partial charge >= 0.3 is 0 Å². The Kier molecular flexibility index (Phi) is 4.77. The molecule has 0 bridgehead atoms. The standard InChI is InChI=1S/C23H20F2N4O2/c1-2-31-13-10-17(24)16(18(25)11-13)12-29-20-9-4-3-6-15(20)21(28-29)22-26-19-8-5-7-14(19)23(30)27-22/h3-4,6,9-11H,2,5,7-8,12H2,1H3,(H,26,27,30). The van der Waals surface area contributed by atoms with Crippen LogP contribution in [0.2, 0.25) is 0 Å². The summed E-state index contributed by atoms with van der Waals surface area (Å²) in [6.07, 6.45) is 2.46. The van der Waals surface area contributed by atoms with Gasteiger partial charge in [0.05, 0.1) is 24.4 Å². The lowest BCUT2D eigenvalue weighted by molar-refractivity contribution is 0.335. The highest BCUT2D eigenvalue weighted by Gasteiger charge is 2.23. The van der Waals surface area contributed by atoms with E-state index in [0.717, 1.165) is 35.9 Å². The van der Waals surface area contributed by atoms with Crippen LogP contribution in [-0.4, -0.2) is 31.5 Å². The van der Waals surface area contributed by atoms with Gasteiger partial charge in [-0.2, -0.15) is 10.1 Å². The zero-order chi connectivity index (χ0) is 21.5. The topological polar surface area (TPSA) is 73.1 Å². The molecule has 0 unspecified atom stereocenters. The fourth-order valence-electron chi connectivity index (χ4n) is 4.06. The molecule has 2 heterocycles. The summed E-state index contributed by atoms with van der Waals surface area (Å²) in [7, 11) is 0. The van der Waals surface area contributed by atoms with E-state index in [1.807, 2.05) is 24.3 Å². The molecule has 0 amide bonds. The Morgan fingerprint density at radius 2 is 1.87 bits per heavy atom. The fourth-order valence-corrected chi connectivity index (χ4v) is 4.06. The number of para-hydroxylation sites is 1. The lowest BCUT2D eigenvalue weighted by Gasteiger charge is -2.09. The molecule has 158 valence electrons. The molecule has 6 nitrogen and oxygen atoms in total. The van der Waals surface area contributed by atoms with Crippen molar-refractivity contribution in [2.75, 3.05) is 6.61 Å². The zero-order valence-electron chi connectivity index (χ0n) is 16.9. The van der Waals surface area contributed by atoms with Crippen LogP contribution in [0.4, 0.5) is 8.78 Å². The van der Waals surface area contributed by atoms with Crippen LogP contribution in [0.25, 0.3) is 22.4 Å². The maximum absolute atomic E-state index is 14.6. The molecular formula is C23H20F2N4O2. The number of aromatic nitrogens is 4. The van der Waals surface area contributed by atoms with Crippen molar-refractivity contribution in [2.45, 2.75) is 32.7 Å². The number of benzene rings is 2. The molecule has 0 radical (unpaired) electrons. The monoisotopic (exact) mass is 422 g/mol. The second-order valence-corrected chi connectivity index (χ2v) is 7.47. The summed E-state index contributed by atoms with van der Waals surface area (Å²) < 4.78 is 36.0. The minimum atomic E-state index is -0.698. The van der Waals surface area contributed by atoms with Crippen molar-refractivity contribution in [1.29, 1.82) is 0 Å². The third-order valence-electron chi connectivity index (χ3n) is 5.51. The molecule has 8 heteroatoms. The Hall–Kier alpha value is -3.55. The van der Waals surface area contributed by atoms with Crippen LogP contribution in [0, 0.1) is 11.6 Å². The van der Waals surface area contributed by atoms with Gasteiger partial charge in [0, 0.05) is 28.6 Å². The van der Waals surface area contributed by atoms with Crippen molar-refractivity contribution in [1.82, 2.24) is 19.7 Å². The summed E-state index contributed by atoms with van der Waals surface area (Å²) in [6.45, 7) is 1.96. The van der Waals surface area contributed by atoms with E-state index in [2.05, 4.69) is 15.1 Å². The normalized spacial score (nSPS) is 13.0. The molecule has 31 heavy (non-hydrogen) atoms. The molecule has 2 aromatic heterocycles. The van der Waals surface area contributed by atoms with E-state index < -0.39 is 11.6 Å². The second kappa shape index (κ2) is 7.61. The molecule has 2 aromatic carbocycles. The van der Waals surface area contributed by atoms with Crippen LogP contribution < -0.4 is 4.74 Å². The van der Waals surface area contributed by atoms with Gasteiger partial charge in [0.25, 0.3) is 0 Å². The van der Waals surface area contributed by atoms with Crippen LogP contribution in [0.3, 0.4) is 0 Å². The van der Waals surface area contributed by atoms with Crippen molar-refractivity contribution in [3.8, 4) is 23.1 Å². The molecule has 0 aliphatic heterocycles. The quantitative estimate of drug-likeness (QED) is 0.516. The number of aromatic hydroxyl groups is 1. The Labute approximate surface area is 177 Å². The third-order valence-corrected chi connectivity index (χ3v) is 5.51. The number of ether oxygens (including phenoxy) is 1. The van der Waals surface area contributed by atoms with E-state index in [0.29, 0.717) is 23.6 Å². The Morgan fingerprint density at radius 1 is 1.10 bits per heavy atom. The Morgan fingerprint density at radius 3 is 2.65 bits per heavy atom. The molecule has 1 aliphatic rings. The molecular weight excluding hydrogens is 402 g/mol. The minimum absolute atomic E-state index is 0.0280. The second-order valence-electron chi connectivity index (χ2n) is 7.47. The summed E-state index contributed by atoms with van der Waals surface area (Å²) in [4.78, 5) is 8.87. The van der Waals surface area contributed by atoms with Gasteiger partial charge in [0.15, 0.2) is 5.82 Å². The average molecular weight is 422 g/mol. The number of rotatable bonds is 5. The molecule has 5 rings (SSSR count). The lowest BCUT2D eigenvalue weighted by Crippen LogP contribution is -2.07. The summed E-state index contributed by atoms with van der Waals surface area (Å²) >= 11 is 0.